The molecule has 218 valence electrons. The Morgan fingerprint density at radius 2 is 1.76 bits per heavy atom. The maximum atomic E-state index is 14.0. The van der Waals surface area contributed by atoms with Crippen LogP contribution < -0.4 is 15.4 Å². The summed E-state index contributed by atoms with van der Waals surface area (Å²) in [7, 11) is 1.99. The number of hydrogen-bond acceptors (Lipinski definition) is 8. The first-order valence-corrected chi connectivity index (χ1v) is 13.1. The number of piperazine rings is 1. The molecule has 10 nitrogen and oxygen atoms in total. The van der Waals surface area contributed by atoms with Crippen LogP contribution in [0.3, 0.4) is 0 Å². The Bertz CT molecular complexity index is 1620. The molecular formula is C29H28F3N7O3. The van der Waals surface area contributed by atoms with Gasteiger partial charge < -0.3 is 20.3 Å². The van der Waals surface area contributed by atoms with Crippen molar-refractivity contribution in [2.24, 2.45) is 0 Å². The van der Waals surface area contributed by atoms with Gasteiger partial charge >= 0.3 is 6.18 Å². The van der Waals surface area contributed by atoms with E-state index >= 15 is 0 Å². The van der Waals surface area contributed by atoms with Crippen molar-refractivity contribution in [1.82, 2.24) is 24.8 Å². The number of amides is 2. The van der Waals surface area contributed by atoms with E-state index in [9.17, 15) is 22.8 Å². The Hall–Kier alpha value is -4.62. The first-order chi connectivity index (χ1) is 20.0. The van der Waals surface area contributed by atoms with Crippen molar-refractivity contribution in [3.63, 3.8) is 0 Å². The third kappa shape index (κ3) is 6.98. The smallest absolute Gasteiger partial charge is 0.416 e. The van der Waals surface area contributed by atoms with Crippen LogP contribution in [0.4, 0.5) is 24.7 Å². The maximum Gasteiger partial charge on any atom is 0.416 e. The standard InChI is InChI=1S/C29H28F3N7O3/c1-18(40)36-26-13-27(35-17-34-26)42-22-5-6-23-20(11-22)14-33-15-24(23)28(41)37-21-4-3-19(25(12-21)29(30,31)32)16-39-9-7-38(2)8-10-39/h3-6,11-15,17H,7-10,16H2,1-2H3,(H,37,41)(H,34,35,36,40). The number of carbonyl (C=O) groups is 2. The van der Waals surface area contributed by atoms with E-state index in [0.29, 0.717) is 29.6 Å². The number of anilines is 2. The van der Waals surface area contributed by atoms with Crippen LogP contribution in [-0.4, -0.2) is 69.8 Å². The highest BCUT2D eigenvalue weighted by molar-refractivity contribution is 6.12. The molecule has 0 spiro atoms. The molecule has 2 amide bonds. The minimum atomic E-state index is -4.58. The summed E-state index contributed by atoms with van der Waals surface area (Å²) in [6, 6.07) is 10.3. The zero-order valence-electron chi connectivity index (χ0n) is 22.9. The van der Waals surface area contributed by atoms with E-state index in [2.05, 4.69) is 30.5 Å². The van der Waals surface area contributed by atoms with Gasteiger partial charge in [0.15, 0.2) is 0 Å². The molecule has 1 aliphatic heterocycles. The fourth-order valence-electron chi connectivity index (χ4n) is 4.67. The van der Waals surface area contributed by atoms with Gasteiger partial charge in [0.1, 0.15) is 17.9 Å². The van der Waals surface area contributed by atoms with Gasteiger partial charge in [0.05, 0.1) is 11.1 Å². The number of rotatable bonds is 7. The summed E-state index contributed by atoms with van der Waals surface area (Å²) in [6.07, 6.45) is -0.438. The van der Waals surface area contributed by atoms with Crippen molar-refractivity contribution in [3.8, 4) is 11.6 Å². The SMILES string of the molecule is CC(=O)Nc1cc(Oc2ccc3c(C(=O)Nc4ccc(CN5CCN(C)CC5)c(C(F)(F)F)c4)cncc3c2)ncn1. The summed E-state index contributed by atoms with van der Waals surface area (Å²) >= 11 is 0. The van der Waals surface area contributed by atoms with Crippen molar-refractivity contribution >= 4 is 34.1 Å². The van der Waals surface area contributed by atoms with E-state index in [1.807, 2.05) is 11.9 Å². The zero-order valence-corrected chi connectivity index (χ0v) is 22.9. The Morgan fingerprint density at radius 1 is 0.976 bits per heavy atom. The van der Waals surface area contributed by atoms with E-state index < -0.39 is 17.6 Å². The summed E-state index contributed by atoms with van der Waals surface area (Å²) in [5, 5.41) is 6.23. The Balaban J connectivity index is 1.34. The highest BCUT2D eigenvalue weighted by Crippen LogP contribution is 2.35. The number of carbonyl (C=O) groups excluding carboxylic acids is 2. The molecule has 0 unspecified atom stereocenters. The monoisotopic (exact) mass is 579 g/mol. The molecule has 13 heteroatoms. The lowest BCUT2D eigenvalue weighted by Crippen LogP contribution is -2.44. The molecule has 5 rings (SSSR count). The van der Waals surface area contributed by atoms with Crippen molar-refractivity contribution in [2.45, 2.75) is 19.6 Å². The summed E-state index contributed by atoms with van der Waals surface area (Å²) in [6.45, 7) is 4.49. The van der Waals surface area contributed by atoms with E-state index in [1.165, 1.54) is 43.8 Å². The number of benzene rings is 2. The molecule has 0 atom stereocenters. The number of fused-ring (bicyclic) bond motifs is 1. The largest absolute Gasteiger partial charge is 0.439 e. The minimum absolute atomic E-state index is 0.0325. The molecule has 1 saturated heterocycles. The zero-order chi connectivity index (χ0) is 29.9. The molecule has 0 radical (unpaired) electrons. The first kappa shape index (κ1) is 28.9. The van der Waals surface area contributed by atoms with Crippen molar-refractivity contribution in [1.29, 1.82) is 0 Å². The fraction of sp³-hybridized carbons (Fsp3) is 0.276. The molecule has 4 aromatic rings. The number of likely N-dealkylation sites (N-methyl/N-ethyl adjacent to an activating group) is 1. The second kappa shape index (κ2) is 12.1. The number of nitrogens with zero attached hydrogens (tertiary/aromatic N) is 5. The molecular weight excluding hydrogens is 551 g/mol. The molecule has 2 aromatic heterocycles. The Morgan fingerprint density at radius 3 is 2.50 bits per heavy atom. The molecule has 1 fully saturated rings. The number of hydrogen-bond donors (Lipinski definition) is 2. The van der Waals surface area contributed by atoms with Crippen LogP contribution in [-0.2, 0) is 17.5 Å². The fourth-order valence-corrected chi connectivity index (χ4v) is 4.67. The van der Waals surface area contributed by atoms with Gasteiger partial charge in [-0.15, -0.1) is 0 Å². The van der Waals surface area contributed by atoms with Crippen molar-refractivity contribution in [2.75, 3.05) is 43.9 Å². The van der Waals surface area contributed by atoms with E-state index in [4.69, 9.17) is 4.74 Å². The van der Waals surface area contributed by atoms with E-state index in [0.717, 1.165) is 19.2 Å². The molecule has 0 aliphatic carbocycles. The number of halogens is 3. The third-order valence-electron chi connectivity index (χ3n) is 6.81. The number of aromatic nitrogens is 3. The van der Waals surface area contributed by atoms with Crippen LogP contribution in [0, 0.1) is 0 Å². The van der Waals surface area contributed by atoms with Gasteiger partial charge in [-0.2, -0.15) is 13.2 Å². The van der Waals surface area contributed by atoms with Crippen LogP contribution in [0.2, 0.25) is 0 Å². The summed E-state index contributed by atoms with van der Waals surface area (Å²) in [4.78, 5) is 40.7. The van der Waals surface area contributed by atoms with Gasteiger partial charge in [0.25, 0.3) is 5.91 Å². The quantitative estimate of drug-likeness (QED) is 0.321. The molecule has 0 bridgehead atoms. The molecule has 2 aromatic carbocycles. The van der Waals surface area contributed by atoms with Crippen molar-refractivity contribution < 1.29 is 27.5 Å². The minimum Gasteiger partial charge on any atom is -0.439 e. The highest BCUT2D eigenvalue weighted by Gasteiger charge is 2.34. The van der Waals surface area contributed by atoms with E-state index in [1.54, 1.807) is 18.2 Å². The number of ether oxygens (including phenoxy) is 1. The second-order valence-corrected chi connectivity index (χ2v) is 10.00. The third-order valence-corrected chi connectivity index (χ3v) is 6.81. The maximum absolute atomic E-state index is 14.0. The lowest BCUT2D eigenvalue weighted by Gasteiger charge is -2.33. The number of pyridine rings is 1. The van der Waals surface area contributed by atoms with E-state index in [-0.39, 0.29) is 41.0 Å². The molecule has 0 saturated carbocycles. The normalized spacial score (nSPS) is 14.5. The van der Waals surface area contributed by atoms with Crippen LogP contribution >= 0.6 is 0 Å². The van der Waals surface area contributed by atoms with Gasteiger partial charge in [-0.1, -0.05) is 6.07 Å². The Labute approximate surface area is 239 Å². The molecule has 1 aliphatic rings. The van der Waals surface area contributed by atoms with Crippen LogP contribution in [0.25, 0.3) is 10.8 Å². The average Bonchev–Trinajstić information content (AvgIpc) is 2.94. The molecule has 2 N–H and O–H groups in total. The van der Waals surface area contributed by atoms with Crippen molar-refractivity contribution in [3.05, 3.63) is 77.9 Å². The summed E-state index contributed by atoms with van der Waals surface area (Å²) in [5.74, 6) is -0.0440. The van der Waals surface area contributed by atoms with Gasteiger partial charge in [-0.3, -0.25) is 19.5 Å². The molecule has 3 heterocycles. The summed E-state index contributed by atoms with van der Waals surface area (Å²) < 4.78 is 47.8. The second-order valence-electron chi connectivity index (χ2n) is 10.00. The number of nitrogens with one attached hydrogen (secondary N) is 2. The lowest BCUT2D eigenvalue weighted by molar-refractivity contribution is -0.138. The van der Waals surface area contributed by atoms with Gasteiger partial charge in [0.2, 0.25) is 11.8 Å². The number of alkyl halides is 3. The predicted octanol–water partition coefficient (Wildman–Crippen LogP) is 4.79. The van der Waals surface area contributed by atoms with Crippen LogP contribution in [0.1, 0.15) is 28.4 Å². The summed E-state index contributed by atoms with van der Waals surface area (Å²) in [5.41, 5.74) is -0.394. The average molecular weight is 580 g/mol. The topological polar surface area (TPSA) is 113 Å². The van der Waals surface area contributed by atoms with Crippen LogP contribution in [0.15, 0.2) is 61.2 Å². The van der Waals surface area contributed by atoms with Gasteiger partial charge in [-0.25, -0.2) is 9.97 Å². The predicted molar refractivity (Wildman–Crippen MR) is 150 cm³/mol. The Kier molecular flexibility index (Phi) is 8.31. The highest BCUT2D eigenvalue weighted by atomic mass is 19.4. The first-order valence-electron chi connectivity index (χ1n) is 13.1. The van der Waals surface area contributed by atoms with Gasteiger partial charge in [-0.05, 0) is 48.3 Å². The van der Waals surface area contributed by atoms with Crippen LogP contribution in [0.5, 0.6) is 11.6 Å². The van der Waals surface area contributed by atoms with Gasteiger partial charge in [0, 0.05) is 69.2 Å². The molecule has 42 heavy (non-hydrogen) atoms. The lowest BCUT2D eigenvalue weighted by atomic mass is 10.0.